The van der Waals surface area contributed by atoms with Crippen LogP contribution in [0.2, 0.25) is 0 Å². The fourth-order valence-electron chi connectivity index (χ4n) is 6.42. The lowest BCUT2D eigenvalue weighted by atomic mass is 10.2. The third kappa shape index (κ3) is 2.87. The lowest BCUT2D eigenvalue weighted by molar-refractivity contribution is 0.670. The lowest BCUT2D eigenvalue weighted by Crippen LogP contribution is -1.93. The van der Waals surface area contributed by atoms with Crippen molar-refractivity contribution in [3.05, 3.63) is 89.5 Å². The van der Waals surface area contributed by atoms with E-state index in [2.05, 4.69) is 98.1 Å². The molecular weight excluding hydrogens is 563 g/mol. The number of furan rings is 2. The predicted octanol–water partition coefficient (Wildman–Crippen LogP) is 12.0. The van der Waals surface area contributed by atoms with E-state index in [1.54, 1.807) is 0 Å². The van der Waals surface area contributed by atoms with Crippen LogP contribution in [0.3, 0.4) is 0 Å². The first-order valence-corrected chi connectivity index (χ1v) is 16.1. The Morgan fingerprint density at radius 3 is 2.00 bits per heavy atom. The first-order valence-electron chi connectivity index (χ1n) is 13.7. The van der Waals surface area contributed by atoms with Gasteiger partial charge in [0.25, 0.3) is 0 Å². The van der Waals surface area contributed by atoms with Crippen LogP contribution in [0.4, 0.5) is 0 Å². The maximum absolute atomic E-state index is 6.77. The molecule has 0 amide bonds. The molecule has 0 aliphatic carbocycles. The van der Waals surface area contributed by atoms with Crippen LogP contribution < -0.4 is 0 Å². The lowest BCUT2D eigenvalue weighted by Gasteiger charge is -2.08. The largest absolute Gasteiger partial charge is 0.453 e. The van der Waals surface area contributed by atoms with Crippen molar-refractivity contribution in [2.75, 3.05) is 0 Å². The summed E-state index contributed by atoms with van der Waals surface area (Å²) in [5, 5.41) is 4.78. The molecule has 6 aromatic heterocycles. The molecule has 3 nitrogen and oxygen atoms in total. The Morgan fingerprint density at radius 2 is 1.20 bits per heavy atom. The van der Waals surface area contributed by atoms with Crippen LogP contribution in [0.1, 0.15) is 16.7 Å². The Balaban J connectivity index is 1.29. The molecule has 0 bridgehead atoms. The Hall–Kier alpha value is -4.10. The molecule has 10 aromatic rings. The van der Waals surface area contributed by atoms with Crippen LogP contribution in [0, 0.1) is 20.8 Å². The van der Waals surface area contributed by atoms with Crippen molar-refractivity contribution >= 4 is 117 Å². The van der Waals surface area contributed by atoms with Gasteiger partial charge in [0.2, 0.25) is 0 Å². The zero-order valence-electron chi connectivity index (χ0n) is 22.4. The summed E-state index contributed by atoms with van der Waals surface area (Å²) in [5.41, 5.74) is 11.2. The Kier molecular flexibility index (Phi) is 4.18. The molecule has 0 aliphatic heterocycles. The topological polar surface area (TPSA) is 31.2 Å². The number of hydrogen-bond acceptors (Lipinski definition) is 5. The van der Waals surface area contributed by atoms with Gasteiger partial charge in [-0.25, -0.2) is 0 Å². The summed E-state index contributed by atoms with van der Waals surface area (Å²) < 4.78 is 23.2. The van der Waals surface area contributed by atoms with Gasteiger partial charge in [-0.3, -0.25) is 0 Å². The summed E-state index contributed by atoms with van der Waals surface area (Å²) in [6.07, 6.45) is 0. The minimum Gasteiger partial charge on any atom is -0.453 e. The second kappa shape index (κ2) is 7.59. The fraction of sp³-hybridized carbons (Fsp3) is 0.0857. The van der Waals surface area contributed by atoms with Gasteiger partial charge in [0.05, 0.1) is 24.3 Å². The summed E-state index contributed by atoms with van der Waals surface area (Å²) in [7, 11) is 0. The average molecular weight is 584 g/mol. The molecule has 0 unspecified atom stereocenters. The summed E-state index contributed by atoms with van der Waals surface area (Å²) in [6.45, 7) is 6.44. The van der Waals surface area contributed by atoms with E-state index in [9.17, 15) is 0 Å². The van der Waals surface area contributed by atoms with Gasteiger partial charge in [0, 0.05) is 36.6 Å². The minimum absolute atomic E-state index is 0.914. The molecule has 41 heavy (non-hydrogen) atoms. The summed E-state index contributed by atoms with van der Waals surface area (Å²) in [6, 6.07) is 26.7. The van der Waals surface area contributed by atoms with Gasteiger partial charge in [-0.15, -0.1) is 34.0 Å². The van der Waals surface area contributed by atoms with Crippen molar-refractivity contribution in [2.24, 2.45) is 0 Å². The van der Waals surface area contributed by atoms with Gasteiger partial charge in [-0.05, 0) is 74.4 Å². The monoisotopic (exact) mass is 583 g/mol. The van der Waals surface area contributed by atoms with E-state index in [0.29, 0.717) is 0 Å². The van der Waals surface area contributed by atoms with Crippen molar-refractivity contribution in [1.82, 2.24) is 4.57 Å². The molecule has 0 saturated carbocycles. The molecular formula is C35H21NO2S3. The number of aromatic nitrogens is 1. The van der Waals surface area contributed by atoms with Gasteiger partial charge in [-0.2, -0.15) is 0 Å². The van der Waals surface area contributed by atoms with Crippen molar-refractivity contribution in [3.8, 4) is 5.69 Å². The van der Waals surface area contributed by atoms with E-state index >= 15 is 0 Å². The van der Waals surface area contributed by atoms with Gasteiger partial charge in [0.1, 0.15) is 11.1 Å². The molecule has 196 valence electrons. The maximum atomic E-state index is 6.77. The zero-order chi connectivity index (χ0) is 27.1. The van der Waals surface area contributed by atoms with Crippen LogP contribution in [0.25, 0.3) is 88.8 Å². The quantitative estimate of drug-likeness (QED) is 0.192. The minimum atomic E-state index is 0.914. The van der Waals surface area contributed by atoms with Crippen LogP contribution in [-0.2, 0) is 0 Å². The standard InChI is InChI=1S/C35H21NO2S3/c1-16-4-8-19(9-5-16)36-24-12-17(2)6-10-20(24)32-28(36)31-33(41-32)22-15-27-23(14-25(22)37-31)30-35(40-27)34-29(38-30)21-11-7-18(3)13-26(21)39-34/h4-15H,1-3H3. The summed E-state index contributed by atoms with van der Waals surface area (Å²) >= 11 is 5.51. The highest BCUT2D eigenvalue weighted by Gasteiger charge is 2.24. The van der Waals surface area contributed by atoms with Crippen LogP contribution in [0.5, 0.6) is 0 Å². The van der Waals surface area contributed by atoms with Gasteiger partial charge in [0.15, 0.2) is 16.7 Å². The molecule has 0 aliphatic rings. The summed E-state index contributed by atoms with van der Waals surface area (Å²) in [4.78, 5) is 0. The molecule has 0 fully saturated rings. The second-order valence-corrected chi connectivity index (χ2v) is 14.3. The number of aryl methyl sites for hydroxylation is 3. The number of hydrogen-bond donors (Lipinski definition) is 0. The summed E-state index contributed by atoms with van der Waals surface area (Å²) in [5.74, 6) is 0. The van der Waals surface area contributed by atoms with Gasteiger partial charge in [-0.1, -0.05) is 35.9 Å². The molecule has 0 saturated heterocycles. The molecule has 0 radical (unpaired) electrons. The average Bonchev–Trinajstić information content (AvgIpc) is 3.77. The van der Waals surface area contributed by atoms with Crippen LogP contribution >= 0.6 is 34.0 Å². The Morgan fingerprint density at radius 1 is 0.512 bits per heavy atom. The van der Waals surface area contributed by atoms with E-state index in [1.807, 2.05) is 34.0 Å². The van der Waals surface area contributed by atoms with E-state index in [1.165, 1.54) is 66.6 Å². The second-order valence-electron chi connectivity index (χ2n) is 11.2. The zero-order valence-corrected chi connectivity index (χ0v) is 24.9. The highest BCUT2D eigenvalue weighted by Crippen LogP contribution is 2.50. The van der Waals surface area contributed by atoms with Crippen LogP contribution in [-0.4, -0.2) is 4.57 Å². The predicted molar refractivity (Wildman–Crippen MR) is 178 cm³/mol. The molecule has 4 aromatic carbocycles. The maximum Gasteiger partial charge on any atom is 0.170 e. The molecule has 6 heterocycles. The van der Waals surface area contributed by atoms with Crippen molar-refractivity contribution in [3.63, 3.8) is 0 Å². The normalized spacial score (nSPS) is 12.8. The van der Waals surface area contributed by atoms with Gasteiger partial charge >= 0.3 is 0 Å². The number of rotatable bonds is 1. The van der Waals surface area contributed by atoms with Gasteiger partial charge < -0.3 is 13.4 Å². The molecule has 0 atom stereocenters. The van der Waals surface area contributed by atoms with Crippen molar-refractivity contribution in [1.29, 1.82) is 0 Å². The molecule has 0 spiro atoms. The number of nitrogens with zero attached hydrogens (tertiary/aromatic N) is 1. The third-order valence-electron chi connectivity index (χ3n) is 8.41. The number of fused-ring (bicyclic) bond motifs is 14. The van der Waals surface area contributed by atoms with E-state index in [4.69, 9.17) is 8.83 Å². The molecule has 6 heteroatoms. The Bertz CT molecular complexity index is 2720. The smallest absolute Gasteiger partial charge is 0.170 e. The first kappa shape index (κ1) is 22.6. The van der Waals surface area contributed by atoms with E-state index in [0.717, 1.165) is 38.9 Å². The van der Waals surface area contributed by atoms with Crippen molar-refractivity contribution in [2.45, 2.75) is 20.8 Å². The molecule has 0 N–H and O–H groups in total. The number of thiophene rings is 3. The van der Waals surface area contributed by atoms with E-state index < -0.39 is 0 Å². The van der Waals surface area contributed by atoms with Crippen LogP contribution in [0.15, 0.2) is 81.6 Å². The fourth-order valence-corrected chi connectivity index (χ4v) is 10.2. The highest BCUT2D eigenvalue weighted by atomic mass is 32.1. The number of benzene rings is 4. The Labute approximate surface area is 245 Å². The van der Waals surface area contributed by atoms with Crippen molar-refractivity contribution < 1.29 is 8.83 Å². The highest BCUT2D eigenvalue weighted by molar-refractivity contribution is 7.33. The SMILES string of the molecule is Cc1ccc(-n2c3cc(C)ccc3c3sc4c5cc6sc7c(oc8c9ccc(C)cc9sc87)c6cc5oc4c32)cc1. The molecule has 10 rings (SSSR count). The third-order valence-corrected chi connectivity index (χ3v) is 12.1. The van der Waals surface area contributed by atoms with E-state index in [-0.39, 0.29) is 0 Å². The first-order chi connectivity index (χ1) is 20.0.